The molecule has 12 heavy (non-hydrogen) atoms. The average molecular weight is 189 g/mol. The maximum atomic E-state index is 5.16. The van der Waals surface area contributed by atoms with Crippen LogP contribution in [0.2, 0.25) is 19.6 Å². The first-order valence-corrected chi connectivity index (χ1v) is 8.30. The lowest BCUT2D eigenvalue weighted by Crippen LogP contribution is -2.44. The van der Waals surface area contributed by atoms with Crippen molar-refractivity contribution in [2.24, 2.45) is 0 Å². The summed E-state index contributed by atoms with van der Waals surface area (Å²) in [6.07, 6.45) is 1.22. The monoisotopic (exact) mass is 189 g/mol. The highest BCUT2D eigenvalue weighted by Crippen LogP contribution is 2.07. The van der Waals surface area contributed by atoms with E-state index in [0.29, 0.717) is 6.04 Å². The van der Waals surface area contributed by atoms with E-state index in [9.17, 15) is 0 Å². The van der Waals surface area contributed by atoms with Gasteiger partial charge in [0.15, 0.2) is 0 Å². The van der Waals surface area contributed by atoms with E-state index in [1.165, 1.54) is 6.17 Å². The molecule has 0 unspecified atom stereocenters. The van der Waals surface area contributed by atoms with Gasteiger partial charge >= 0.3 is 0 Å². The molecular weight excluding hydrogens is 166 g/mol. The summed E-state index contributed by atoms with van der Waals surface area (Å²) in [4.78, 5) is 2.40. The second-order valence-corrected chi connectivity index (χ2v) is 10.3. The second kappa shape index (κ2) is 4.99. The molecule has 0 aromatic heterocycles. The molecule has 0 radical (unpaired) electrons. The molecule has 0 atom stereocenters. The van der Waals surface area contributed by atoms with E-state index in [1.54, 1.807) is 7.11 Å². The molecule has 0 heterocycles. The summed E-state index contributed by atoms with van der Waals surface area (Å²) in [5, 5.41) is 0. The van der Waals surface area contributed by atoms with Crippen LogP contribution in [-0.2, 0) is 4.74 Å². The van der Waals surface area contributed by atoms with Gasteiger partial charge in [-0.05, 0) is 20.0 Å². The van der Waals surface area contributed by atoms with Crippen molar-refractivity contribution in [1.29, 1.82) is 0 Å². The quantitative estimate of drug-likeness (QED) is 0.485. The molecule has 0 spiro atoms. The van der Waals surface area contributed by atoms with Gasteiger partial charge in [-0.15, -0.1) is 0 Å². The van der Waals surface area contributed by atoms with Gasteiger partial charge in [-0.25, -0.2) is 0 Å². The normalized spacial score (nSPS) is 13.0. The maximum Gasteiger partial charge on any atom is 0.0985 e. The highest BCUT2D eigenvalue weighted by atomic mass is 28.3. The molecule has 2 nitrogen and oxygen atoms in total. The van der Waals surface area contributed by atoms with Gasteiger partial charge in [-0.1, -0.05) is 19.6 Å². The zero-order valence-electron chi connectivity index (χ0n) is 9.35. The van der Waals surface area contributed by atoms with Gasteiger partial charge in [0.05, 0.1) is 14.8 Å². The smallest absolute Gasteiger partial charge is 0.0985 e. The van der Waals surface area contributed by atoms with Crippen molar-refractivity contribution < 1.29 is 4.74 Å². The van der Waals surface area contributed by atoms with E-state index in [1.807, 2.05) is 0 Å². The molecule has 0 aliphatic carbocycles. The summed E-state index contributed by atoms with van der Waals surface area (Å²) in [6.45, 7) is 12.4. The molecule has 0 saturated carbocycles. The Morgan fingerprint density at radius 1 is 1.25 bits per heavy atom. The number of rotatable bonds is 5. The van der Waals surface area contributed by atoms with E-state index in [-0.39, 0.29) is 0 Å². The minimum atomic E-state index is -0.974. The van der Waals surface area contributed by atoms with E-state index in [2.05, 4.69) is 38.4 Å². The fourth-order valence-electron chi connectivity index (χ4n) is 1.15. The number of ether oxygens (including phenoxy) is 1. The van der Waals surface area contributed by atoms with Crippen molar-refractivity contribution in [2.75, 3.05) is 20.0 Å². The van der Waals surface area contributed by atoms with Crippen LogP contribution in [0.15, 0.2) is 0 Å². The van der Waals surface area contributed by atoms with Gasteiger partial charge in [0, 0.05) is 13.2 Å². The molecule has 0 aromatic carbocycles. The Bertz CT molecular complexity index is 120. The molecule has 0 aliphatic heterocycles. The number of hydrogen-bond acceptors (Lipinski definition) is 2. The number of hydrogen-bond donors (Lipinski definition) is 0. The van der Waals surface area contributed by atoms with Gasteiger partial charge in [-0.3, -0.25) is 4.90 Å². The fourth-order valence-corrected chi connectivity index (χ4v) is 2.83. The van der Waals surface area contributed by atoms with Crippen LogP contribution in [0.4, 0.5) is 0 Å². The van der Waals surface area contributed by atoms with Crippen LogP contribution in [0.5, 0.6) is 0 Å². The predicted molar refractivity (Wildman–Crippen MR) is 57.1 cm³/mol. The van der Waals surface area contributed by atoms with Crippen LogP contribution in [0, 0.1) is 0 Å². The minimum Gasteiger partial charge on any atom is -0.369 e. The molecule has 3 heteroatoms. The molecule has 0 aliphatic rings. The Balaban J connectivity index is 3.95. The van der Waals surface area contributed by atoms with Gasteiger partial charge in [-0.2, -0.15) is 0 Å². The Morgan fingerprint density at radius 3 is 2.00 bits per heavy atom. The van der Waals surface area contributed by atoms with Crippen LogP contribution < -0.4 is 0 Å². The van der Waals surface area contributed by atoms with E-state index in [0.717, 1.165) is 6.73 Å². The van der Waals surface area contributed by atoms with Crippen molar-refractivity contribution in [1.82, 2.24) is 4.90 Å². The maximum absolute atomic E-state index is 5.16. The van der Waals surface area contributed by atoms with Crippen LogP contribution >= 0.6 is 0 Å². The fraction of sp³-hybridized carbons (Fsp3) is 1.00. The van der Waals surface area contributed by atoms with Crippen LogP contribution in [0.3, 0.4) is 0 Å². The summed E-state index contributed by atoms with van der Waals surface area (Å²) in [5.41, 5.74) is 0. The lowest BCUT2D eigenvalue weighted by atomic mass is 10.4. The van der Waals surface area contributed by atoms with Crippen molar-refractivity contribution >= 4 is 8.07 Å². The zero-order valence-corrected chi connectivity index (χ0v) is 10.3. The van der Waals surface area contributed by atoms with Crippen molar-refractivity contribution in [3.8, 4) is 0 Å². The topological polar surface area (TPSA) is 12.5 Å². The Morgan fingerprint density at radius 2 is 1.75 bits per heavy atom. The zero-order chi connectivity index (χ0) is 9.78. The van der Waals surface area contributed by atoms with Gasteiger partial charge in [0.2, 0.25) is 0 Å². The van der Waals surface area contributed by atoms with Gasteiger partial charge < -0.3 is 4.74 Å². The lowest BCUT2D eigenvalue weighted by Gasteiger charge is -2.31. The molecule has 74 valence electrons. The minimum absolute atomic E-state index is 0.594. The number of nitrogens with zero attached hydrogens (tertiary/aromatic N) is 1. The Kier molecular flexibility index (Phi) is 5.05. The van der Waals surface area contributed by atoms with Crippen LogP contribution in [-0.4, -0.2) is 39.0 Å². The van der Waals surface area contributed by atoms with E-state index >= 15 is 0 Å². The van der Waals surface area contributed by atoms with Gasteiger partial charge in [0.25, 0.3) is 0 Å². The summed E-state index contributed by atoms with van der Waals surface area (Å²) in [6, 6.07) is 0.594. The largest absolute Gasteiger partial charge is 0.369 e. The SMILES string of the molecule is COCN(C[Si](C)(C)C)C(C)C. The summed E-state index contributed by atoms with van der Waals surface area (Å²) < 4.78 is 5.16. The first kappa shape index (κ1) is 12.1. The van der Waals surface area contributed by atoms with Crippen LogP contribution in [0.1, 0.15) is 13.8 Å². The third-order valence-corrected chi connectivity index (χ3v) is 3.06. The molecule has 0 bridgehead atoms. The first-order valence-electron chi connectivity index (χ1n) is 4.60. The summed E-state index contributed by atoms with van der Waals surface area (Å²) in [7, 11) is 0.789. The third-order valence-electron chi connectivity index (χ3n) is 1.70. The molecule has 0 amide bonds. The summed E-state index contributed by atoms with van der Waals surface area (Å²) >= 11 is 0. The van der Waals surface area contributed by atoms with Crippen LogP contribution in [0.25, 0.3) is 0 Å². The van der Waals surface area contributed by atoms with E-state index < -0.39 is 8.07 Å². The van der Waals surface area contributed by atoms with E-state index in [4.69, 9.17) is 4.74 Å². The first-order chi connectivity index (χ1) is 5.37. The van der Waals surface area contributed by atoms with Gasteiger partial charge in [0.1, 0.15) is 0 Å². The molecule has 0 aromatic rings. The van der Waals surface area contributed by atoms with Crippen molar-refractivity contribution in [3.05, 3.63) is 0 Å². The summed E-state index contributed by atoms with van der Waals surface area (Å²) in [5.74, 6) is 0. The van der Waals surface area contributed by atoms with Crippen molar-refractivity contribution in [2.45, 2.75) is 39.5 Å². The highest BCUT2D eigenvalue weighted by Gasteiger charge is 2.19. The predicted octanol–water partition coefficient (Wildman–Crippen LogP) is 2.18. The molecule has 0 N–H and O–H groups in total. The third kappa shape index (κ3) is 5.74. The molecular formula is C9H23NOSi. The Labute approximate surface area is 77.9 Å². The Hall–Kier alpha value is 0.137. The second-order valence-electron chi connectivity index (χ2n) is 4.82. The highest BCUT2D eigenvalue weighted by molar-refractivity contribution is 6.76. The average Bonchev–Trinajstić information content (AvgIpc) is 1.83. The molecule has 0 rings (SSSR count). The van der Waals surface area contributed by atoms with Crippen molar-refractivity contribution in [3.63, 3.8) is 0 Å². The number of methoxy groups -OCH3 is 1. The molecule has 0 saturated heterocycles. The standard InChI is InChI=1S/C9H23NOSi/c1-9(2)10(7-11-3)8-12(4,5)6/h9H,7-8H2,1-6H3. The lowest BCUT2D eigenvalue weighted by molar-refractivity contribution is 0.0549. The molecule has 0 fully saturated rings.